The summed E-state index contributed by atoms with van der Waals surface area (Å²) < 4.78 is 12.8. The van der Waals surface area contributed by atoms with Crippen molar-refractivity contribution in [3.8, 4) is 17.2 Å². The summed E-state index contributed by atoms with van der Waals surface area (Å²) in [6.45, 7) is 6.02. The van der Waals surface area contributed by atoms with Crippen LogP contribution in [0.1, 0.15) is 36.7 Å². The van der Waals surface area contributed by atoms with Gasteiger partial charge >= 0.3 is 6.03 Å². The van der Waals surface area contributed by atoms with Gasteiger partial charge in [-0.3, -0.25) is 15.3 Å². The molecule has 0 bridgehead atoms. The van der Waals surface area contributed by atoms with Crippen molar-refractivity contribution in [1.29, 1.82) is 0 Å². The average molecular weight is 575 g/mol. The van der Waals surface area contributed by atoms with Crippen molar-refractivity contribution in [2.75, 3.05) is 10.6 Å². The van der Waals surface area contributed by atoms with Crippen LogP contribution in [0.3, 0.4) is 0 Å². The molecule has 3 N–H and O–H groups in total. The zero-order chi connectivity index (χ0) is 29.9. The zero-order valence-electron chi connectivity index (χ0n) is 23.9. The van der Waals surface area contributed by atoms with E-state index < -0.39 is 12.3 Å². The van der Waals surface area contributed by atoms with Gasteiger partial charge in [-0.1, -0.05) is 19.9 Å². The monoisotopic (exact) mass is 574 g/mol. The molecular formula is C33H30N6O4. The molecule has 0 spiro atoms. The third-order valence-electron chi connectivity index (χ3n) is 6.87. The lowest BCUT2D eigenvalue weighted by atomic mass is 10.1. The van der Waals surface area contributed by atoms with Gasteiger partial charge < -0.3 is 19.9 Å². The Bertz CT molecular complexity index is 1880. The Balaban J connectivity index is 1.17. The van der Waals surface area contributed by atoms with Crippen molar-refractivity contribution < 1.29 is 19.4 Å². The van der Waals surface area contributed by atoms with Crippen molar-refractivity contribution in [1.82, 2.24) is 19.7 Å². The van der Waals surface area contributed by atoms with Gasteiger partial charge in [-0.25, -0.2) is 9.48 Å². The highest BCUT2D eigenvalue weighted by molar-refractivity contribution is 5.99. The van der Waals surface area contributed by atoms with E-state index in [9.17, 15) is 9.90 Å². The number of aryl methyl sites for hydroxylation is 1. The number of fused-ring (bicyclic) bond motifs is 1. The molecule has 43 heavy (non-hydrogen) atoms. The first-order chi connectivity index (χ1) is 20.8. The SMILES string of the molecule is Cc1cc(NC(=O)Nc2cc(C(C)C)nn2-c2ccc3ncccc3c2)ccc1Oc1ccnc(C2=CC(O)OC=C2)c1. The van der Waals surface area contributed by atoms with Gasteiger partial charge in [0.2, 0.25) is 6.29 Å². The summed E-state index contributed by atoms with van der Waals surface area (Å²) in [5.41, 5.74) is 5.37. The predicted molar refractivity (Wildman–Crippen MR) is 165 cm³/mol. The maximum atomic E-state index is 13.1. The number of aliphatic hydroxyl groups excluding tert-OH is 1. The van der Waals surface area contributed by atoms with Crippen LogP contribution in [0.2, 0.25) is 0 Å². The van der Waals surface area contributed by atoms with Gasteiger partial charge in [0.1, 0.15) is 17.3 Å². The van der Waals surface area contributed by atoms with E-state index in [2.05, 4.69) is 34.4 Å². The number of rotatable bonds is 7. The molecule has 0 saturated heterocycles. The molecule has 5 aromatic rings. The molecule has 1 unspecified atom stereocenters. The largest absolute Gasteiger partial charge is 0.469 e. The molecule has 1 aliphatic rings. The Morgan fingerprint density at radius 1 is 1.02 bits per heavy atom. The standard InChI is InChI=1S/C33H30N6O4/c1-20(2)28-19-31(39(38-28)25-7-8-27-22(16-25)5-4-12-34-27)37-33(41)36-24-6-9-30(21(3)15-24)43-26-10-13-35-29(18-26)23-11-14-42-32(40)17-23/h4-20,32,40H,1-3H3,(H2,36,37,41). The first kappa shape index (κ1) is 27.7. The van der Waals surface area contributed by atoms with E-state index in [-0.39, 0.29) is 5.92 Å². The summed E-state index contributed by atoms with van der Waals surface area (Å²) in [7, 11) is 0. The van der Waals surface area contributed by atoms with E-state index in [1.54, 1.807) is 53.5 Å². The highest BCUT2D eigenvalue weighted by atomic mass is 16.6. The predicted octanol–water partition coefficient (Wildman–Crippen LogP) is 6.93. The number of urea groups is 1. The van der Waals surface area contributed by atoms with Crippen LogP contribution in [-0.2, 0) is 4.74 Å². The van der Waals surface area contributed by atoms with Crippen LogP contribution in [0.5, 0.6) is 11.5 Å². The summed E-state index contributed by atoms with van der Waals surface area (Å²) in [4.78, 5) is 21.9. The van der Waals surface area contributed by atoms with Crippen LogP contribution in [0.25, 0.3) is 22.2 Å². The minimum atomic E-state index is -1.01. The summed E-state index contributed by atoms with van der Waals surface area (Å²) >= 11 is 0. The maximum absolute atomic E-state index is 13.1. The first-order valence-electron chi connectivity index (χ1n) is 13.8. The number of carbonyl (C=O) groups is 1. The summed E-state index contributed by atoms with van der Waals surface area (Å²) in [6, 6.07) is 20.2. The molecular weight excluding hydrogens is 544 g/mol. The van der Waals surface area contributed by atoms with Crippen LogP contribution in [0.4, 0.5) is 16.3 Å². The third kappa shape index (κ3) is 6.24. The molecule has 4 heterocycles. The highest BCUT2D eigenvalue weighted by Gasteiger charge is 2.16. The lowest BCUT2D eigenvalue weighted by Crippen LogP contribution is -2.21. The topological polar surface area (TPSA) is 123 Å². The van der Waals surface area contributed by atoms with E-state index in [0.717, 1.165) is 33.4 Å². The molecule has 0 saturated carbocycles. The number of aliphatic hydroxyl groups is 1. The highest BCUT2D eigenvalue weighted by Crippen LogP contribution is 2.30. The Morgan fingerprint density at radius 3 is 2.72 bits per heavy atom. The number of amides is 2. The van der Waals surface area contributed by atoms with E-state index in [1.807, 2.05) is 49.4 Å². The van der Waals surface area contributed by atoms with E-state index in [0.29, 0.717) is 28.7 Å². The number of carbonyl (C=O) groups excluding carboxylic acids is 1. The van der Waals surface area contributed by atoms with Crippen LogP contribution in [-0.4, -0.2) is 37.2 Å². The van der Waals surface area contributed by atoms with Gasteiger partial charge in [-0.15, -0.1) is 0 Å². The fourth-order valence-corrected chi connectivity index (χ4v) is 4.65. The van der Waals surface area contributed by atoms with Crippen LogP contribution in [0, 0.1) is 6.92 Å². The number of aromatic nitrogens is 4. The Kier molecular flexibility index (Phi) is 7.59. The molecule has 10 nitrogen and oxygen atoms in total. The van der Waals surface area contributed by atoms with Crippen molar-refractivity contribution in [3.63, 3.8) is 0 Å². The number of anilines is 2. The normalized spacial score (nSPS) is 14.3. The summed E-state index contributed by atoms with van der Waals surface area (Å²) in [5, 5.41) is 21.3. The fraction of sp³-hybridized carbons (Fsp3) is 0.152. The van der Waals surface area contributed by atoms with Gasteiger partial charge in [0, 0.05) is 41.2 Å². The third-order valence-corrected chi connectivity index (χ3v) is 6.87. The second-order valence-electron chi connectivity index (χ2n) is 10.4. The number of hydrogen-bond donors (Lipinski definition) is 3. The van der Waals surface area contributed by atoms with Crippen LogP contribution < -0.4 is 15.4 Å². The zero-order valence-corrected chi connectivity index (χ0v) is 23.9. The Labute approximate surface area is 248 Å². The van der Waals surface area contributed by atoms with E-state index in [4.69, 9.17) is 14.6 Å². The molecule has 2 aromatic carbocycles. The second kappa shape index (κ2) is 11.8. The molecule has 216 valence electrons. The van der Waals surface area contributed by atoms with Crippen molar-refractivity contribution in [3.05, 3.63) is 114 Å². The fourth-order valence-electron chi connectivity index (χ4n) is 4.65. The number of benzene rings is 2. The van der Waals surface area contributed by atoms with Crippen LogP contribution in [0.15, 0.2) is 97.5 Å². The molecule has 10 heteroatoms. The number of pyridine rings is 2. The lowest BCUT2D eigenvalue weighted by molar-refractivity contribution is -0.0125. The van der Waals surface area contributed by atoms with Gasteiger partial charge in [0.25, 0.3) is 0 Å². The Hall–Kier alpha value is -5.48. The molecule has 3 aromatic heterocycles. The van der Waals surface area contributed by atoms with Crippen molar-refractivity contribution in [2.45, 2.75) is 33.0 Å². The molecule has 0 fully saturated rings. The van der Waals surface area contributed by atoms with E-state index in [1.165, 1.54) is 6.26 Å². The molecule has 1 atom stereocenters. The smallest absolute Gasteiger partial charge is 0.324 e. The first-order valence-corrected chi connectivity index (χ1v) is 13.8. The molecule has 1 aliphatic heterocycles. The number of nitrogens with zero attached hydrogens (tertiary/aromatic N) is 4. The molecule has 0 radical (unpaired) electrons. The van der Waals surface area contributed by atoms with Gasteiger partial charge in [0.15, 0.2) is 0 Å². The number of nitrogens with one attached hydrogen (secondary N) is 2. The van der Waals surface area contributed by atoms with E-state index >= 15 is 0 Å². The number of hydrogen-bond acceptors (Lipinski definition) is 7. The Morgan fingerprint density at radius 2 is 1.91 bits per heavy atom. The quantitative estimate of drug-likeness (QED) is 0.193. The number of ether oxygens (including phenoxy) is 2. The number of allylic oxidation sites excluding steroid dienone is 2. The second-order valence-corrected chi connectivity index (χ2v) is 10.4. The maximum Gasteiger partial charge on any atom is 0.324 e. The molecule has 0 aliphatic carbocycles. The summed E-state index contributed by atoms with van der Waals surface area (Å²) in [5.74, 6) is 1.94. The van der Waals surface area contributed by atoms with Gasteiger partial charge in [0.05, 0.1) is 28.9 Å². The lowest BCUT2D eigenvalue weighted by Gasteiger charge is -2.14. The average Bonchev–Trinajstić information content (AvgIpc) is 3.42. The van der Waals surface area contributed by atoms with Crippen molar-refractivity contribution >= 4 is 34.0 Å². The minimum Gasteiger partial charge on any atom is -0.469 e. The van der Waals surface area contributed by atoms with Crippen LogP contribution >= 0.6 is 0 Å². The van der Waals surface area contributed by atoms with Crippen molar-refractivity contribution in [2.24, 2.45) is 0 Å². The van der Waals surface area contributed by atoms with Gasteiger partial charge in [-0.05, 0) is 79.1 Å². The minimum absolute atomic E-state index is 0.176. The molecule has 2 amide bonds. The summed E-state index contributed by atoms with van der Waals surface area (Å²) in [6.07, 6.45) is 7.11. The molecule has 6 rings (SSSR count). The van der Waals surface area contributed by atoms with Gasteiger partial charge in [-0.2, -0.15) is 5.10 Å².